The zero-order valence-corrected chi connectivity index (χ0v) is 15.5. The number of amides is 4. The molecule has 2 aliphatic rings. The zero-order chi connectivity index (χ0) is 20.3. The minimum atomic E-state index is -2.95. The summed E-state index contributed by atoms with van der Waals surface area (Å²) >= 11 is 0. The maximum Gasteiger partial charge on any atom is 0.387 e. The number of benzene rings is 1. The van der Waals surface area contributed by atoms with Gasteiger partial charge in [0.25, 0.3) is 5.91 Å². The van der Waals surface area contributed by atoms with Crippen molar-refractivity contribution in [1.29, 1.82) is 0 Å². The normalized spacial score (nSPS) is 23.1. The Bertz CT molecular complexity index is 750. The van der Waals surface area contributed by atoms with Gasteiger partial charge in [0.1, 0.15) is 17.8 Å². The number of ether oxygens (including phenoxy) is 1. The van der Waals surface area contributed by atoms with Gasteiger partial charge in [0.05, 0.1) is 0 Å². The molecule has 0 aromatic heterocycles. The van der Waals surface area contributed by atoms with Crippen molar-refractivity contribution in [3.63, 3.8) is 0 Å². The summed E-state index contributed by atoms with van der Waals surface area (Å²) in [4.78, 5) is 38.3. The predicted octanol–water partition coefficient (Wildman–Crippen LogP) is 2.50. The highest BCUT2D eigenvalue weighted by Crippen LogP contribution is 2.30. The van der Waals surface area contributed by atoms with Crippen molar-refractivity contribution < 1.29 is 27.9 Å². The number of hydrogen-bond acceptors (Lipinski definition) is 4. The smallest absolute Gasteiger partial charge is 0.387 e. The van der Waals surface area contributed by atoms with Gasteiger partial charge < -0.3 is 15.4 Å². The third kappa shape index (κ3) is 4.23. The fraction of sp³-hybridized carbons (Fsp3) is 0.526. The molecule has 1 saturated carbocycles. The summed E-state index contributed by atoms with van der Waals surface area (Å²) < 4.78 is 28.8. The predicted molar refractivity (Wildman–Crippen MR) is 95.7 cm³/mol. The molecule has 0 spiro atoms. The Morgan fingerprint density at radius 2 is 1.89 bits per heavy atom. The van der Waals surface area contributed by atoms with E-state index in [0.717, 1.165) is 37.0 Å². The van der Waals surface area contributed by atoms with Crippen molar-refractivity contribution in [3.05, 3.63) is 29.8 Å². The highest BCUT2D eigenvalue weighted by Gasteiger charge is 2.49. The molecule has 1 aromatic carbocycles. The second kappa shape index (κ2) is 8.12. The first-order valence-electron chi connectivity index (χ1n) is 9.28. The van der Waals surface area contributed by atoms with Crippen LogP contribution in [0.4, 0.5) is 13.6 Å². The standard InChI is InChI=1S/C19H23F2N3O4/c1-19(12-7-9-14(10-8-12)28-17(20)21)16(26)24(18(27)23-19)11-15(25)22-13-5-3-2-4-6-13/h7-10,13,17H,2-6,11H2,1H3,(H,22,25)(H,23,27)/t19-/m0/s1. The average Bonchev–Trinajstić information content (AvgIpc) is 2.86. The third-order valence-electron chi connectivity index (χ3n) is 5.20. The molecule has 4 amide bonds. The van der Waals surface area contributed by atoms with Crippen molar-refractivity contribution in [3.8, 4) is 5.75 Å². The van der Waals surface area contributed by atoms with Gasteiger partial charge in [-0.2, -0.15) is 8.78 Å². The summed E-state index contributed by atoms with van der Waals surface area (Å²) in [5, 5.41) is 5.46. The largest absolute Gasteiger partial charge is 0.435 e. The molecular weight excluding hydrogens is 372 g/mol. The van der Waals surface area contributed by atoms with Crippen LogP contribution < -0.4 is 15.4 Å². The second-order valence-corrected chi connectivity index (χ2v) is 7.25. The van der Waals surface area contributed by atoms with E-state index in [-0.39, 0.29) is 24.2 Å². The Morgan fingerprint density at radius 3 is 2.50 bits per heavy atom. The SMILES string of the molecule is C[C@@]1(c2ccc(OC(F)F)cc2)NC(=O)N(CC(=O)NC2CCCCC2)C1=O. The van der Waals surface area contributed by atoms with Crippen molar-refractivity contribution in [2.45, 2.75) is 57.2 Å². The van der Waals surface area contributed by atoms with Gasteiger partial charge in [0.15, 0.2) is 0 Å². The molecule has 152 valence electrons. The molecule has 2 fully saturated rings. The Labute approximate surface area is 161 Å². The summed E-state index contributed by atoms with van der Waals surface area (Å²) in [5.74, 6) is -0.998. The average molecular weight is 395 g/mol. The van der Waals surface area contributed by atoms with Gasteiger partial charge in [-0.1, -0.05) is 31.4 Å². The van der Waals surface area contributed by atoms with E-state index in [1.54, 1.807) is 0 Å². The molecular formula is C19H23F2N3O4. The molecule has 0 bridgehead atoms. The van der Waals surface area contributed by atoms with Crippen molar-refractivity contribution in [2.75, 3.05) is 6.54 Å². The highest BCUT2D eigenvalue weighted by atomic mass is 19.3. The number of rotatable bonds is 6. The third-order valence-corrected chi connectivity index (χ3v) is 5.20. The summed E-state index contributed by atoms with van der Waals surface area (Å²) in [5.41, 5.74) is -0.978. The lowest BCUT2D eigenvalue weighted by Gasteiger charge is -2.24. The quantitative estimate of drug-likeness (QED) is 0.725. The van der Waals surface area contributed by atoms with Crippen LogP contribution in [0.2, 0.25) is 0 Å². The number of nitrogens with one attached hydrogen (secondary N) is 2. The number of nitrogens with zero attached hydrogens (tertiary/aromatic N) is 1. The fourth-order valence-electron chi connectivity index (χ4n) is 3.67. The van der Waals surface area contributed by atoms with Crippen LogP contribution in [0.15, 0.2) is 24.3 Å². The van der Waals surface area contributed by atoms with Crippen molar-refractivity contribution in [2.24, 2.45) is 0 Å². The first-order chi connectivity index (χ1) is 13.3. The van der Waals surface area contributed by atoms with E-state index < -0.39 is 24.1 Å². The molecule has 2 N–H and O–H groups in total. The van der Waals surface area contributed by atoms with Crippen LogP contribution in [0, 0.1) is 0 Å². The van der Waals surface area contributed by atoms with E-state index >= 15 is 0 Å². The van der Waals surface area contributed by atoms with Gasteiger partial charge >= 0.3 is 12.6 Å². The maximum absolute atomic E-state index is 12.8. The molecule has 1 aromatic rings. The number of hydrogen-bond donors (Lipinski definition) is 2. The molecule has 1 aliphatic heterocycles. The molecule has 0 unspecified atom stereocenters. The zero-order valence-electron chi connectivity index (χ0n) is 15.5. The van der Waals surface area contributed by atoms with Gasteiger partial charge in [-0.15, -0.1) is 0 Å². The van der Waals surface area contributed by atoms with Crippen LogP contribution in [0.1, 0.15) is 44.6 Å². The van der Waals surface area contributed by atoms with Crippen molar-refractivity contribution >= 4 is 17.8 Å². The number of carbonyl (C=O) groups is 3. The molecule has 1 atom stereocenters. The fourth-order valence-corrected chi connectivity index (χ4v) is 3.67. The second-order valence-electron chi connectivity index (χ2n) is 7.25. The lowest BCUT2D eigenvalue weighted by molar-refractivity contribution is -0.135. The molecule has 1 heterocycles. The summed E-state index contributed by atoms with van der Waals surface area (Å²) in [6.07, 6.45) is 5.06. The molecule has 1 saturated heterocycles. The van der Waals surface area contributed by atoms with Gasteiger partial charge in [-0.05, 0) is 37.5 Å². The Balaban J connectivity index is 1.66. The Kier molecular flexibility index (Phi) is 5.81. The van der Waals surface area contributed by atoms with Crippen molar-refractivity contribution in [1.82, 2.24) is 15.5 Å². The number of imide groups is 1. The Hall–Kier alpha value is -2.71. The number of carbonyl (C=O) groups excluding carboxylic acids is 3. The summed E-state index contributed by atoms with van der Waals surface area (Å²) in [7, 11) is 0. The van der Waals surface area contributed by atoms with Gasteiger partial charge in [0.2, 0.25) is 5.91 Å². The van der Waals surface area contributed by atoms with Crippen LogP contribution >= 0.6 is 0 Å². The van der Waals surface area contributed by atoms with E-state index in [2.05, 4.69) is 15.4 Å². The van der Waals surface area contributed by atoms with E-state index in [9.17, 15) is 23.2 Å². The van der Waals surface area contributed by atoms with Gasteiger partial charge in [-0.3, -0.25) is 14.5 Å². The monoisotopic (exact) mass is 395 g/mol. The molecule has 28 heavy (non-hydrogen) atoms. The Morgan fingerprint density at radius 1 is 1.25 bits per heavy atom. The van der Waals surface area contributed by atoms with Crippen LogP contribution in [0.5, 0.6) is 5.75 Å². The highest BCUT2D eigenvalue weighted by molar-refractivity contribution is 6.09. The minimum Gasteiger partial charge on any atom is -0.435 e. The van der Waals surface area contributed by atoms with Crippen LogP contribution in [-0.4, -0.2) is 41.9 Å². The lowest BCUT2D eigenvalue weighted by atomic mass is 9.92. The van der Waals surface area contributed by atoms with E-state index in [4.69, 9.17) is 0 Å². The first kappa shape index (κ1) is 20.0. The molecule has 0 radical (unpaired) electrons. The van der Waals surface area contributed by atoms with E-state index in [0.29, 0.717) is 5.56 Å². The van der Waals surface area contributed by atoms with E-state index in [1.807, 2.05) is 0 Å². The number of alkyl halides is 2. The maximum atomic E-state index is 12.8. The first-order valence-corrected chi connectivity index (χ1v) is 9.28. The topological polar surface area (TPSA) is 87.7 Å². The molecule has 9 heteroatoms. The number of halogens is 2. The van der Waals surface area contributed by atoms with Crippen LogP contribution in [0.25, 0.3) is 0 Å². The van der Waals surface area contributed by atoms with Gasteiger partial charge in [-0.25, -0.2) is 4.79 Å². The van der Waals surface area contributed by atoms with E-state index in [1.165, 1.54) is 31.2 Å². The molecule has 1 aliphatic carbocycles. The minimum absolute atomic E-state index is 0.0529. The van der Waals surface area contributed by atoms with Crippen LogP contribution in [-0.2, 0) is 15.1 Å². The molecule has 7 nitrogen and oxygen atoms in total. The summed E-state index contributed by atoms with van der Waals surface area (Å²) in [6.45, 7) is -1.80. The van der Waals surface area contributed by atoms with Gasteiger partial charge in [0, 0.05) is 6.04 Å². The summed E-state index contributed by atoms with van der Waals surface area (Å²) in [6, 6.07) is 4.87. The molecule has 3 rings (SSSR count). The van der Waals surface area contributed by atoms with Crippen LogP contribution in [0.3, 0.4) is 0 Å². The number of urea groups is 1. The lowest BCUT2D eigenvalue weighted by Crippen LogP contribution is -2.45.